The number of aliphatic imine (C=N–C) groups is 1. The van der Waals surface area contributed by atoms with Crippen molar-refractivity contribution in [3.8, 4) is 0 Å². The standard InChI is InChI=1S/C25H20ClF3N4O3S/c26-18-5-4-15(19(10-18)25(27,28)29)13-33-20-6-3-14(8-17(20)11-30-33)9-21-22(34)31-24(37-21)32-7-1-2-16(12-32)23(35)36/h3-6,8-11,16H,1-2,7,12-13H2,(H,35,36)/b21-9-/t16-/m0/s1. The van der Waals surface area contributed by atoms with E-state index in [1.165, 1.54) is 28.6 Å². The number of amidine groups is 1. The maximum atomic E-state index is 13.5. The lowest BCUT2D eigenvalue weighted by Gasteiger charge is -2.31. The van der Waals surface area contributed by atoms with E-state index >= 15 is 0 Å². The van der Waals surface area contributed by atoms with Gasteiger partial charge in [0, 0.05) is 23.5 Å². The molecule has 1 aromatic heterocycles. The Morgan fingerprint density at radius 2 is 2.05 bits per heavy atom. The first-order chi connectivity index (χ1) is 17.6. The molecule has 5 rings (SSSR count). The quantitative estimate of drug-likeness (QED) is 0.432. The molecule has 2 aliphatic heterocycles. The van der Waals surface area contributed by atoms with Gasteiger partial charge in [-0.2, -0.15) is 23.3 Å². The van der Waals surface area contributed by atoms with Crippen molar-refractivity contribution >= 4 is 57.4 Å². The van der Waals surface area contributed by atoms with Crippen molar-refractivity contribution in [2.24, 2.45) is 10.9 Å². The molecular formula is C25H20ClF3N4O3S. The van der Waals surface area contributed by atoms with Crippen molar-refractivity contribution in [2.45, 2.75) is 25.6 Å². The molecule has 192 valence electrons. The van der Waals surface area contributed by atoms with E-state index in [0.29, 0.717) is 52.5 Å². The maximum absolute atomic E-state index is 13.5. The van der Waals surface area contributed by atoms with E-state index in [0.717, 1.165) is 6.07 Å². The molecule has 0 bridgehead atoms. The number of amides is 1. The number of hydrogen-bond donors (Lipinski definition) is 1. The average Bonchev–Trinajstić information content (AvgIpc) is 3.42. The molecule has 0 aliphatic carbocycles. The molecule has 7 nitrogen and oxygen atoms in total. The Bertz CT molecular complexity index is 1470. The smallest absolute Gasteiger partial charge is 0.416 e. The van der Waals surface area contributed by atoms with E-state index in [4.69, 9.17) is 11.6 Å². The van der Waals surface area contributed by atoms with Crippen LogP contribution in [0.5, 0.6) is 0 Å². The Balaban J connectivity index is 1.35. The molecule has 0 radical (unpaired) electrons. The van der Waals surface area contributed by atoms with Crippen LogP contribution in [0.2, 0.25) is 5.02 Å². The largest absolute Gasteiger partial charge is 0.481 e. The van der Waals surface area contributed by atoms with Crippen molar-refractivity contribution in [3.05, 3.63) is 69.2 Å². The normalized spacial score (nSPS) is 19.6. The Labute approximate surface area is 218 Å². The summed E-state index contributed by atoms with van der Waals surface area (Å²) in [5.41, 5.74) is 0.596. The Morgan fingerprint density at radius 1 is 1.24 bits per heavy atom. The van der Waals surface area contributed by atoms with Gasteiger partial charge in [0.05, 0.1) is 34.6 Å². The molecule has 0 unspecified atom stereocenters. The number of piperidine rings is 1. The minimum Gasteiger partial charge on any atom is -0.481 e. The number of carbonyl (C=O) groups is 2. The zero-order valence-electron chi connectivity index (χ0n) is 19.2. The number of nitrogens with zero attached hydrogens (tertiary/aromatic N) is 4. The second-order valence-electron chi connectivity index (χ2n) is 8.85. The number of aliphatic carboxylic acids is 1. The third-order valence-electron chi connectivity index (χ3n) is 6.31. The number of rotatable bonds is 4. The molecule has 2 aliphatic rings. The number of carboxylic acids is 1. The number of thioether (sulfide) groups is 1. The topological polar surface area (TPSA) is 87.8 Å². The number of halogens is 4. The van der Waals surface area contributed by atoms with Crippen LogP contribution in [0.3, 0.4) is 0 Å². The van der Waals surface area contributed by atoms with E-state index in [9.17, 15) is 27.9 Å². The molecule has 1 amide bonds. The number of carboxylic acid groups (broad SMARTS) is 1. The molecule has 1 fully saturated rings. The van der Waals surface area contributed by atoms with Crippen LogP contribution in [0, 0.1) is 5.92 Å². The van der Waals surface area contributed by atoms with Crippen molar-refractivity contribution in [1.82, 2.24) is 14.7 Å². The number of aromatic nitrogens is 2. The SMILES string of the molecule is O=C1N=C(N2CCC[C@H](C(=O)O)C2)S/C1=C\c1ccc2c(cnn2Cc2ccc(Cl)cc2C(F)(F)F)c1. The molecular weight excluding hydrogens is 529 g/mol. The third-order valence-corrected chi connectivity index (χ3v) is 7.59. The van der Waals surface area contributed by atoms with Gasteiger partial charge < -0.3 is 10.0 Å². The first-order valence-electron chi connectivity index (χ1n) is 11.4. The van der Waals surface area contributed by atoms with Crippen LogP contribution < -0.4 is 0 Å². The number of likely N-dealkylation sites (tertiary alicyclic amines) is 1. The summed E-state index contributed by atoms with van der Waals surface area (Å²) < 4.78 is 41.9. The van der Waals surface area contributed by atoms with Crippen LogP contribution in [0.4, 0.5) is 13.2 Å². The van der Waals surface area contributed by atoms with Crippen LogP contribution >= 0.6 is 23.4 Å². The van der Waals surface area contributed by atoms with E-state index < -0.39 is 29.5 Å². The van der Waals surface area contributed by atoms with Crippen molar-refractivity contribution in [3.63, 3.8) is 0 Å². The van der Waals surface area contributed by atoms with Gasteiger partial charge in [-0.3, -0.25) is 14.3 Å². The minimum absolute atomic E-state index is 0.00698. The molecule has 1 N–H and O–H groups in total. The lowest BCUT2D eigenvalue weighted by Crippen LogP contribution is -2.40. The van der Waals surface area contributed by atoms with E-state index in [1.807, 2.05) is 4.90 Å². The zero-order valence-corrected chi connectivity index (χ0v) is 20.8. The molecule has 0 saturated carbocycles. The van der Waals surface area contributed by atoms with Crippen LogP contribution in [0.25, 0.3) is 17.0 Å². The zero-order chi connectivity index (χ0) is 26.3. The molecule has 3 heterocycles. The molecule has 1 saturated heterocycles. The number of alkyl halides is 3. The summed E-state index contributed by atoms with van der Waals surface area (Å²) in [5.74, 6) is -1.73. The van der Waals surface area contributed by atoms with Gasteiger partial charge in [0.25, 0.3) is 5.91 Å². The van der Waals surface area contributed by atoms with Crippen LogP contribution in [-0.4, -0.2) is 49.9 Å². The minimum atomic E-state index is -4.54. The summed E-state index contributed by atoms with van der Waals surface area (Å²) in [7, 11) is 0. The predicted molar refractivity (Wildman–Crippen MR) is 135 cm³/mol. The molecule has 3 aromatic rings. The first kappa shape index (κ1) is 25.3. The molecule has 0 spiro atoms. The van der Waals surface area contributed by atoms with Gasteiger partial charge in [0.1, 0.15) is 0 Å². The highest BCUT2D eigenvalue weighted by Gasteiger charge is 2.34. The second kappa shape index (κ2) is 9.86. The fourth-order valence-corrected chi connectivity index (χ4v) is 5.59. The van der Waals surface area contributed by atoms with Gasteiger partial charge >= 0.3 is 12.1 Å². The maximum Gasteiger partial charge on any atom is 0.416 e. The summed E-state index contributed by atoms with van der Waals surface area (Å²) in [6.45, 7) is 0.871. The highest BCUT2D eigenvalue weighted by atomic mass is 35.5. The summed E-state index contributed by atoms with van der Waals surface area (Å²) in [6, 6.07) is 8.97. The fraction of sp³-hybridized carbons (Fsp3) is 0.280. The third kappa shape index (κ3) is 5.37. The van der Waals surface area contributed by atoms with Crippen LogP contribution in [0.1, 0.15) is 29.5 Å². The van der Waals surface area contributed by atoms with Gasteiger partial charge in [-0.05, 0) is 66.1 Å². The molecule has 12 heteroatoms. The average molecular weight is 549 g/mol. The number of carbonyl (C=O) groups excluding carboxylic acids is 1. The van der Waals surface area contributed by atoms with Gasteiger partial charge in [-0.1, -0.05) is 23.7 Å². The summed E-state index contributed by atoms with van der Waals surface area (Å²) in [6.07, 6.45) is 0.0258. The van der Waals surface area contributed by atoms with Crippen molar-refractivity contribution in [2.75, 3.05) is 13.1 Å². The summed E-state index contributed by atoms with van der Waals surface area (Å²) in [5, 5.41) is 14.8. The Kier molecular flexibility index (Phi) is 6.76. The number of hydrogen-bond acceptors (Lipinski definition) is 5. The number of fused-ring (bicyclic) bond motifs is 1. The lowest BCUT2D eigenvalue weighted by molar-refractivity contribution is -0.143. The molecule has 1 atom stereocenters. The monoisotopic (exact) mass is 548 g/mol. The highest BCUT2D eigenvalue weighted by Crippen LogP contribution is 2.35. The highest BCUT2D eigenvalue weighted by molar-refractivity contribution is 8.18. The van der Waals surface area contributed by atoms with E-state index in [1.54, 1.807) is 30.5 Å². The van der Waals surface area contributed by atoms with Crippen LogP contribution in [0.15, 0.2) is 52.5 Å². The van der Waals surface area contributed by atoms with Crippen molar-refractivity contribution in [1.29, 1.82) is 0 Å². The van der Waals surface area contributed by atoms with Gasteiger partial charge in [-0.15, -0.1) is 0 Å². The molecule has 2 aromatic carbocycles. The van der Waals surface area contributed by atoms with Crippen LogP contribution in [-0.2, 0) is 22.3 Å². The Hall–Kier alpha value is -3.31. The summed E-state index contributed by atoms with van der Waals surface area (Å²) >= 11 is 6.99. The fourth-order valence-electron chi connectivity index (χ4n) is 4.47. The second-order valence-corrected chi connectivity index (χ2v) is 10.3. The van der Waals surface area contributed by atoms with E-state index in [-0.39, 0.29) is 17.1 Å². The van der Waals surface area contributed by atoms with Crippen molar-refractivity contribution < 1.29 is 27.9 Å². The predicted octanol–water partition coefficient (Wildman–Crippen LogP) is 5.52. The first-order valence-corrected chi connectivity index (χ1v) is 12.6. The van der Waals surface area contributed by atoms with Gasteiger partial charge in [-0.25, -0.2) is 0 Å². The Morgan fingerprint density at radius 3 is 2.81 bits per heavy atom. The number of benzene rings is 2. The van der Waals surface area contributed by atoms with Gasteiger partial charge in [0.2, 0.25) is 0 Å². The lowest BCUT2D eigenvalue weighted by atomic mass is 9.99. The molecule has 37 heavy (non-hydrogen) atoms. The summed E-state index contributed by atoms with van der Waals surface area (Å²) in [4.78, 5) is 30.2. The van der Waals surface area contributed by atoms with E-state index in [2.05, 4.69) is 10.1 Å². The van der Waals surface area contributed by atoms with Gasteiger partial charge in [0.15, 0.2) is 5.17 Å².